The maximum atomic E-state index is 6.16. The van der Waals surface area contributed by atoms with E-state index in [1.54, 1.807) is 0 Å². The Morgan fingerprint density at radius 1 is 0.929 bits per heavy atom. The van der Waals surface area contributed by atoms with E-state index in [1.807, 2.05) is 59.5 Å². The Labute approximate surface area is 166 Å². The topological polar surface area (TPSA) is 92.5 Å². The number of ether oxygens (including phenoxy) is 1. The number of nitrogens with two attached hydrogens (primary N) is 2. The number of nitrogens with zero attached hydrogens (tertiary/aromatic N) is 4. The second-order valence-corrected chi connectivity index (χ2v) is 7.21. The van der Waals surface area contributed by atoms with Crippen LogP contribution in [0.25, 0.3) is 0 Å². The van der Waals surface area contributed by atoms with Crippen LogP contribution in [0.1, 0.15) is 27.7 Å². The second kappa shape index (κ2) is 8.21. The molecule has 7 heteroatoms. The second-order valence-electron chi connectivity index (χ2n) is 7.21. The smallest absolute Gasteiger partial charge is 0.222 e. The van der Waals surface area contributed by atoms with Crippen LogP contribution >= 0.6 is 0 Å². The highest BCUT2D eigenvalue weighted by Gasteiger charge is 2.33. The van der Waals surface area contributed by atoms with Crippen molar-refractivity contribution in [1.82, 2.24) is 4.90 Å². The number of guanidine groups is 2. The molecule has 28 heavy (non-hydrogen) atoms. The molecule has 3 rings (SSSR count). The van der Waals surface area contributed by atoms with E-state index in [0.29, 0.717) is 5.96 Å². The van der Waals surface area contributed by atoms with E-state index in [9.17, 15) is 0 Å². The SMILES string of the molecule is CC(C)N1C(N)=NC(N)=NC1N(c1ccc(Oc2ccccc2)cc1)C(C)C. The third kappa shape index (κ3) is 4.19. The lowest BCUT2D eigenvalue weighted by Crippen LogP contribution is -2.59. The van der Waals surface area contributed by atoms with Gasteiger partial charge in [-0.15, -0.1) is 0 Å². The molecule has 0 spiro atoms. The molecule has 4 N–H and O–H groups in total. The van der Waals surface area contributed by atoms with Crippen LogP contribution in [0.2, 0.25) is 0 Å². The Hall–Kier alpha value is -3.22. The van der Waals surface area contributed by atoms with Gasteiger partial charge < -0.3 is 26.0 Å². The van der Waals surface area contributed by atoms with Crippen LogP contribution < -0.4 is 21.1 Å². The number of benzene rings is 2. The van der Waals surface area contributed by atoms with Gasteiger partial charge in [-0.2, -0.15) is 4.99 Å². The quantitative estimate of drug-likeness (QED) is 0.802. The first-order valence-corrected chi connectivity index (χ1v) is 9.44. The fraction of sp³-hybridized carbons (Fsp3) is 0.333. The predicted molar refractivity (Wildman–Crippen MR) is 115 cm³/mol. The number of rotatable bonds is 6. The molecule has 2 aromatic rings. The van der Waals surface area contributed by atoms with Gasteiger partial charge in [-0.25, -0.2) is 4.99 Å². The summed E-state index contributed by atoms with van der Waals surface area (Å²) in [5.41, 5.74) is 13.1. The summed E-state index contributed by atoms with van der Waals surface area (Å²) >= 11 is 0. The lowest BCUT2D eigenvalue weighted by Gasteiger charge is -2.44. The summed E-state index contributed by atoms with van der Waals surface area (Å²) in [5, 5.41) is 0. The summed E-state index contributed by atoms with van der Waals surface area (Å²) in [6, 6.07) is 17.9. The van der Waals surface area contributed by atoms with Crippen LogP contribution in [-0.2, 0) is 0 Å². The molecule has 2 aromatic carbocycles. The van der Waals surface area contributed by atoms with Crippen molar-refractivity contribution in [2.75, 3.05) is 4.90 Å². The predicted octanol–water partition coefficient (Wildman–Crippen LogP) is 3.33. The van der Waals surface area contributed by atoms with Gasteiger partial charge in [0.25, 0.3) is 0 Å². The van der Waals surface area contributed by atoms with Crippen molar-refractivity contribution in [3.8, 4) is 11.5 Å². The van der Waals surface area contributed by atoms with E-state index in [2.05, 4.69) is 42.6 Å². The van der Waals surface area contributed by atoms with E-state index < -0.39 is 0 Å². The normalized spacial score (nSPS) is 16.8. The molecule has 1 aliphatic heterocycles. The number of hydrogen-bond acceptors (Lipinski definition) is 7. The van der Waals surface area contributed by atoms with Gasteiger partial charge in [-0.05, 0) is 64.1 Å². The molecule has 1 atom stereocenters. The molecule has 0 aromatic heterocycles. The zero-order chi connectivity index (χ0) is 20.3. The van der Waals surface area contributed by atoms with Crippen molar-refractivity contribution in [2.24, 2.45) is 21.5 Å². The minimum atomic E-state index is -0.363. The summed E-state index contributed by atoms with van der Waals surface area (Å²) in [6.45, 7) is 8.34. The van der Waals surface area contributed by atoms with Gasteiger partial charge in [-0.1, -0.05) is 18.2 Å². The van der Waals surface area contributed by atoms with Crippen molar-refractivity contribution in [3.05, 3.63) is 54.6 Å². The van der Waals surface area contributed by atoms with Gasteiger partial charge >= 0.3 is 0 Å². The highest BCUT2D eigenvalue weighted by atomic mass is 16.5. The Bertz CT molecular complexity index is 845. The monoisotopic (exact) mass is 380 g/mol. The lowest BCUT2D eigenvalue weighted by molar-refractivity contribution is 0.243. The fourth-order valence-electron chi connectivity index (χ4n) is 3.24. The molecule has 1 unspecified atom stereocenters. The van der Waals surface area contributed by atoms with Crippen molar-refractivity contribution >= 4 is 17.6 Å². The fourth-order valence-corrected chi connectivity index (χ4v) is 3.24. The molecule has 1 heterocycles. The maximum Gasteiger partial charge on any atom is 0.222 e. The average molecular weight is 380 g/mol. The van der Waals surface area contributed by atoms with Crippen LogP contribution in [0.4, 0.5) is 5.69 Å². The van der Waals surface area contributed by atoms with Crippen molar-refractivity contribution < 1.29 is 4.74 Å². The van der Waals surface area contributed by atoms with Crippen LogP contribution in [0.15, 0.2) is 64.6 Å². The molecule has 148 valence electrons. The summed E-state index contributed by atoms with van der Waals surface area (Å²) < 4.78 is 5.90. The van der Waals surface area contributed by atoms with Gasteiger partial charge in [0.15, 0.2) is 0 Å². The summed E-state index contributed by atoms with van der Waals surface area (Å²) in [7, 11) is 0. The highest BCUT2D eigenvalue weighted by Crippen LogP contribution is 2.29. The molecule has 0 saturated carbocycles. The lowest BCUT2D eigenvalue weighted by atomic mass is 10.2. The van der Waals surface area contributed by atoms with Crippen molar-refractivity contribution in [3.63, 3.8) is 0 Å². The van der Waals surface area contributed by atoms with Gasteiger partial charge in [0.2, 0.25) is 18.2 Å². The zero-order valence-electron chi connectivity index (χ0n) is 16.8. The average Bonchev–Trinajstić information content (AvgIpc) is 2.63. The summed E-state index contributed by atoms with van der Waals surface area (Å²) in [5.74, 6) is 2.14. The van der Waals surface area contributed by atoms with Gasteiger partial charge in [0.05, 0.1) is 0 Å². The third-order valence-electron chi connectivity index (χ3n) is 4.47. The number of hydrogen-bond donors (Lipinski definition) is 2. The Kier molecular flexibility index (Phi) is 5.73. The van der Waals surface area contributed by atoms with Crippen molar-refractivity contribution in [2.45, 2.75) is 46.1 Å². The highest BCUT2D eigenvalue weighted by molar-refractivity contribution is 5.95. The summed E-state index contributed by atoms with van der Waals surface area (Å²) in [6.07, 6.45) is -0.363. The number of para-hydroxylation sites is 1. The number of aliphatic imine (C=N–C) groups is 2. The standard InChI is InChI=1S/C21H28N6O/c1-14(2)26(21-25-19(22)24-20(23)27(21)15(3)4)16-10-12-18(13-11-16)28-17-8-6-5-7-9-17/h5-15,21H,1-4H3,(H4,22,23,24,25). The largest absolute Gasteiger partial charge is 0.457 e. The zero-order valence-corrected chi connectivity index (χ0v) is 16.8. The third-order valence-corrected chi connectivity index (χ3v) is 4.47. The first-order chi connectivity index (χ1) is 13.4. The van der Waals surface area contributed by atoms with Crippen LogP contribution in [0, 0.1) is 0 Å². The van der Waals surface area contributed by atoms with Crippen LogP contribution in [-0.4, -0.2) is 35.2 Å². The van der Waals surface area contributed by atoms with Crippen molar-refractivity contribution in [1.29, 1.82) is 0 Å². The van der Waals surface area contributed by atoms with E-state index in [0.717, 1.165) is 17.2 Å². The van der Waals surface area contributed by atoms with E-state index in [4.69, 9.17) is 16.2 Å². The molecule has 0 bridgehead atoms. The molecular formula is C21H28N6O. The molecule has 0 amide bonds. The molecule has 1 aliphatic rings. The molecular weight excluding hydrogens is 352 g/mol. The minimum Gasteiger partial charge on any atom is -0.457 e. The molecule has 0 radical (unpaired) electrons. The summed E-state index contributed by atoms with van der Waals surface area (Å²) in [4.78, 5) is 12.8. The van der Waals surface area contributed by atoms with E-state index in [-0.39, 0.29) is 24.3 Å². The van der Waals surface area contributed by atoms with Crippen LogP contribution in [0.3, 0.4) is 0 Å². The van der Waals surface area contributed by atoms with Gasteiger partial charge in [0, 0.05) is 17.8 Å². The molecule has 0 fully saturated rings. The minimum absolute atomic E-state index is 0.118. The molecule has 7 nitrogen and oxygen atoms in total. The Morgan fingerprint density at radius 3 is 2.11 bits per heavy atom. The Morgan fingerprint density at radius 2 is 1.54 bits per heavy atom. The maximum absolute atomic E-state index is 6.16. The first-order valence-electron chi connectivity index (χ1n) is 9.44. The Balaban J connectivity index is 1.89. The first kappa shape index (κ1) is 19.5. The molecule has 0 saturated heterocycles. The molecule has 0 aliphatic carbocycles. The van der Waals surface area contributed by atoms with Gasteiger partial charge in [0.1, 0.15) is 11.5 Å². The number of anilines is 1. The van der Waals surface area contributed by atoms with Crippen LogP contribution in [0.5, 0.6) is 11.5 Å². The van der Waals surface area contributed by atoms with E-state index >= 15 is 0 Å². The van der Waals surface area contributed by atoms with E-state index in [1.165, 1.54) is 0 Å². The van der Waals surface area contributed by atoms with Gasteiger partial charge in [-0.3, -0.25) is 0 Å².